The highest BCUT2D eigenvalue weighted by molar-refractivity contribution is 7.99. The first-order valence-electron chi connectivity index (χ1n) is 8.32. The van der Waals surface area contributed by atoms with E-state index in [0.29, 0.717) is 6.54 Å². The van der Waals surface area contributed by atoms with E-state index in [4.69, 9.17) is 0 Å². The molecule has 0 aliphatic carbocycles. The van der Waals surface area contributed by atoms with Crippen LogP contribution in [0.5, 0.6) is 0 Å². The fourth-order valence-electron chi connectivity index (χ4n) is 3.18. The van der Waals surface area contributed by atoms with Gasteiger partial charge in [0.1, 0.15) is 0 Å². The summed E-state index contributed by atoms with van der Waals surface area (Å²) in [5.74, 6) is 2.11. The molecule has 2 aromatic rings. The van der Waals surface area contributed by atoms with E-state index in [0.717, 1.165) is 24.3 Å². The first-order chi connectivity index (χ1) is 11.2. The molecular weight excluding hydrogens is 302 g/mol. The quantitative estimate of drug-likeness (QED) is 0.873. The fraction of sp³-hybridized carbons (Fsp3) is 0.400. The van der Waals surface area contributed by atoms with Crippen molar-refractivity contribution in [3.05, 3.63) is 71.3 Å². The van der Waals surface area contributed by atoms with Gasteiger partial charge in [0.25, 0.3) is 0 Å². The summed E-state index contributed by atoms with van der Waals surface area (Å²) >= 11 is 1.94. The SMILES string of the molecule is Cc1ccccc1C(NCC1(O)CCSCC1)c1ccccc1. The van der Waals surface area contributed by atoms with E-state index in [2.05, 4.69) is 60.8 Å². The molecule has 1 heterocycles. The molecule has 122 valence electrons. The lowest BCUT2D eigenvalue weighted by atomic mass is 9.92. The van der Waals surface area contributed by atoms with Crippen molar-refractivity contribution in [3.8, 4) is 0 Å². The highest BCUT2D eigenvalue weighted by Crippen LogP contribution is 2.29. The molecule has 1 fully saturated rings. The molecule has 0 radical (unpaired) electrons. The lowest BCUT2D eigenvalue weighted by Gasteiger charge is -2.34. The molecule has 23 heavy (non-hydrogen) atoms. The van der Waals surface area contributed by atoms with Crippen LogP contribution in [-0.4, -0.2) is 28.8 Å². The Balaban J connectivity index is 1.83. The fourth-order valence-corrected chi connectivity index (χ4v) is 4.44. The Morgan fingerprint density at radius 1 is 1.04 bits per heavy atom. The molecule has 3 heteroatoms. The zero-order valence-corrected chi connectivity index (χ0v) is 14.5. The van der Waals surface area contributed by atoms with Gasteiger partial charge in [-0.05, 0) is 48.0 Å². The van der Waals surface area contributed by atoms with Crippen molar-refractivity contribution in [3.63, 3.8) is 0 Å². The third-order valence-electron chi connectivity index (χ3n) is 4.69. The summed E-state index contributed by atoms with van der Waals surface area (Å²) in [5, 5.41) is 14.5. The van der Waals surface area contributed by atoms with Gasteiger partial charge in [-0.2, -0.15) is 11.8 Å². The lowest BCUT2D eigenvalue weighted by Crippen LogP contribution is -2.44. The van der Waals surface area contributed by atoms with Gasteiger partial charge in [-0.3, -0.25) is 0 Å². The minimum atomic E-state index is -0.568. The Kier molecular flexibility index (Phi) is 5.42. The first-order valence-corrected chi connectivity index (χ1v) is 9.47. The van der Waals surface area contributed by atoms with E-state index in [1.165, 1.54) is 16.7 Å². The summed E-state index contributed by atoms with van der Waals surface area (Å²) in [7, 11) is 0. The number of rotatable bonds is 5. The summed E-state index contributed by atoms with van der Waals surface area (Å²) in [6.07, 6.45) is 1.75. The first kappa shape index (κ1) is 16.6. The predicted octanol–water partition coefficient (Wildman–Crippen LogP) is 3.93. The largest absolute Gasteiger partial charge is 0.389 e. The summed E-state index contributed by atoms with van der Waals surface area (Å²) in [4.78, 5) is 0. The van der Waals surface area contributed by atoms with E-state index in [1.54, 1.807) is 0 Å². The Bertz CT molecular complexity index is 623. The average Bonchev–Trinajstić information content (AvgIpc) is 2.58. The summed E-state index contributed by atoms with van der Waals surface area (Å²) in [6.45, 7) is 2.79. The van der Waals surface area contributed by atoms with Crippen LogP contribution in [0.1, 0.15) is 35.6 Å². The topological polar surface area (TPSA) is 32.3 Å². The molecule has 0 saturated carbocycles. The van der Waals surface area contributed by atoms with Crippen LogP contribution < -0.4 is 5.32 Å². The highest BCUT2D eigenvalue weighted by Gasteiger charge is 2.30. The van der Waals surface area contributed by atoms with Gasteiger partial charge in [-0.15, -0.1) is 0 Å². The van der Waals surface area contributed by atoms with Gasteiger partial charge >= 0.3 is 0 Å². The Morgan fingerprint density at radius 3 is 2.39 bits per heavy atom. The van der Waals surface area contributed by atoms with Crippen LogP contribution in [-0.2, 0) is 0 Å². The maximum absolute atomic E-state index is 10.8. The van der Waals surface area contributed by atoms with Crippen molar-refractivity contribution < 1.29 is 5.11 Å². The van der Waals surface area contributed by atoms with Crippen LogP contribution in [0.15, 0.2) is 54.6 Å². The average molecular weight is 327 g/mol. The smallest absolute Gasteiger partial charge is 0.0787 e. The van der Waals surface area contributed by atoms with Gasteiger partial charge in [0, 0.05) is 6.54 Å². The third kappa shape index (κ3) is 4.17. The molecule has 1 aliphatic heterocycles. The van der Waals surface area contributed by atoms with Crippen LogP contribution in [0, 0.1) is 6.92 Å². The van der Waals surface area contributed by atoms with Crippen molar-refractivity contribution in [2.45, 2.75) is 31.4 Å². The molecule has 3 rings (SSSR count). The highest BCUT2D eigenvalue weighted by atomic mass is 32.2. The number of thioether (sulfide) groups is 1. The second-order valence-corrected chi connectivity index (χ2v) is 7.64. The molecule has 0 spiro atoms. The van der Waals surface area contributed by atoms with Gasteiger partial charge in [0.05, 0.1) is 11.6 Å². The number of hydrogen-bond acceptors (Lipinski definition) is 3. The Morgan fingerprint density at radius 2 is 1.70 bits per heavy atom. The van der Waals surface area contributed by atoms with Gasteiger partial charge < -0.3 is 10.4 Å². The number of benzene rings is 2. The monoisotopic (exact) mass is 327 g/mol. The molecule has 2 N–H and O–H groups in total. The molecule has 0 amide bonds. The van der Waals surface area contributed by atoms with Gasteiger partial charge in [-0.25, -0.2) is 0 Å². The molecule has 0 aromatic heterocycles. The van der Waals surface area contributed by atoms with Crippen LogP contribution in [0.2, 0.25) is 0 Å². The molecule has 2 nitrogen and oxygen atoms in total. The second-order valence-electron chi connectivity index (χ2n) is 6.42. The minimum absolute atomic E-state index is 0.121. The molecule has 1 atom stereocenters. The lowest BCUT2D eigenvalue weighted by molar-refractivity contribution is 0.0306. The molecular formula is C20H25NOS. The van der Waals surface area contributed by atoms with Crippen molar-refractivity contribution >= 4 is 11.8 Å². The summed E-state index contributed by atoms with van der Waals surface area (Å²) in [5.41, 5.74) is 3.24. The van der Waals surface area contributed by atoms with Crippen LogP contribution in [0.25, 0.3) is 0 Å². The summed E-state index contributed by atoms with van der Waals surface area (Å²) < 4.78 is 0. The molecule has 1 aliphatic rings. The third-order valence-corrected chi connectivity index (χ3v) is 5.68. The van der Waals surface area contributed by atoms with Gasteiger partial charge in [0.2, 0.25) is 0 Å². The van der Waals surface area contributed by atoms with E-state index in [-0.39, 0.29) is 6.04 Å². The van der Waals surface area contributed by atoms with E-state index in [1.807, 2.05) is 17.8 Å². The van der Waals surface area contributed by atoms with Crippen molar-refractivity contribution in [1.82, 2.24) is 5.32 Å². The van der Waals surface area contributed by atoms with Crippen molar-refractivity contribution in [1.29, 1.82) is 0 Å². The van der Waals surface area contributed by atoms with Crippen molar-refractivity contribution in [2.75, 3.05) is 18.1 Å². The van der Waals surface area contributed by atoms with E-state index in [9.17, 15) is 5.11 Å². The predicted molar refractivity (Wildman–Crippen MR) is 99.0 cm³/mol. The van der Waals surface area contributed by atoms with Crippen molar-refractivity contribution in [2.24, 2.45) is 0 Å². The number of hydrogen-bond donors (Lipinski definition) is 2. The number of nitrogens with one attached hydrogen (secondary N) is 1. The standard InChI is InChI=1S/C20H25NOS/c1-16-7-5-6-10-18(16)19(17-8-3-2-4-9-17)21-15-20(22)11-13-23-14-12-20/h2-10,19,21-22H,11-15H2,1H3. The minimum Gasteiger partial charge on any atom is -0.389 e. The van der Waals surface area contributed by atoms with Crippen LogP contribution >= 0.6 is 11.8 Å². The maximum Gasteiger partial charge on any atom is 0.0787 e. The maximum atomic E-state index is 10.8. The number of aryl methyl sites for hydroxylation is 1. The Hall–Kier alpha value is -1.29. The number of aliphatic hydroxyl groups is 1. The van der Waals surface area contributed by atoms with Crippen LogP contribution in [0.3, 0.4) is 0 Å². The van der Waals surface area contributed by atoms with E-state index < -0.39 is 5.60 Å². The van der Waals surface area contributed by atoms with Crippen LogP contribution in [0.4, 0.5) is 0 Å². The van der Waals surface area contributed by atoms with Gasteiger partial charge in [-0.1, -0.05) is 54.6 Å². The zero-order valence-electron chi connectivity index (χ0n) is 13.7. The molecule has 1 saturated heterocycles. The second kappa shape index (κ2) is 7.52. The molecule has 0 bridgehead atoms. The van der Waals surface area contributed by atoms with Gasteiger partial charge in [0.15, 0.2) is 0 Å². The summed E-state index contributed by atoms with van der Waals surface area (Å²) in [6, 6.07) is 19.1. The normalized spacial score (nSPS) is 18.5. The van der Waals surface area contributed by atoms with E-state index >= 15 is 0 Å². The molecule has 1 unspecified atom stereocenters. The molecule has 2 aromatic carbocycles. The zero-order chi connectivity index (χ0) is 16.1. The Labute approximate surface area is 143 Å².